The van der Waals surface area contributed by atoms with Crippen LogP contribution in [-0.4, -0.2) is 32.3 Å². The van der Waals surface area contributed by atoms with Crippen LogP contribution in [0.5, 0.6) is 0 Å². The Bertz CT molecular complexity index is 1200. The average molecular weight is 399 g/mol. The molecule has 2 amide bonds. The highest BCUT2D eigenvalue weighted by Gasteiger charge is 2.32. The quantitative estimate of drug-likeness (QED) is 0.546. The number of aromatic nitrogens is 3. The molecule has 0 aliphatic carbocycles. The minimum absolute atomic E-state index is 0.0931. The van der Waals surface area contributed by atoms with Gasteiger partial charge >= 0.3 is 6.03 Å². The zero-order chi connectivity index (χ0) is 20.5. The second kappa shape index (κ2) is 7.61. The average Bonchev–Trinajstić information content (AvgIpc) is 3.45. The Balaban J connectivity index is 1.40. The van der Waals surface area contributed by atoms with Gasteiger partial charge in [-0.1, -0.05) is 42.5 Å². The Morgan fingerprint density at radius 1 is 1.10 bits per heavy atom. The van der Waals surface area contributed by atoms with Gasteiger partial charge in [0.05, 0.1) is 12.6 Å². The van der Waals surface area contributed by atoms with Gasteiger partial charge < -0.3 is 5.32 Å². The van der Waals surface area contributed by atoms with E-state index in [1.807, 2.05) is 73.8 Å². The lowest BCUT2D eigenvalue weighted by atomic mass is 10.0. The number of benzene rings is 2. The number of rotatable bonds is 3. The van der Waals surface area contributed by atoms with Crippen LogP contribution >= 0.6 is 0 Å². The third kappa shape index (κ3) is 3.40. The van der Waals surface area contributed by atoms with Crippen LogP contribution < -0.4 is 5.32 Å². The van der Waals surface area contributed by atoms with Crippen molar-refractivity contribution in [3.8, 4) is 11.1 Å². The molecule has 5 rings (SSSR count). The number of pyridine rings is 1. The number of aryl methyl sites for hydroxylation is 1. The van der Waals surface area contributed by atoms with Crippen LogP contribution in [0, 0.1) is 6.92 Å². The molecule has 1 atom stereocenters. The normalized spacial score (nSPS) is 16.2. The van der Waals surface area contributed by atoms with E-state index in [4.69, 9.17) is 4.84 Å². The van der Waals surface area contributed by atoms with E-state index in [1.165, 1.54) is 11.4 Å². The van der Waals surface area contributed by atoms with Crippen molar-refractivity contribution in [3.63, 3.8) is 0 Å². The first-order valence-corrected chi connectivity index (χ1v) is 9.87. The van der Waals surface area contributed by atoms with Gasteiger partial charge in [0.15, 0.2) is 5.65 Å². The number of anilines is 1. The number of carbonyl (C=O) groups excluding carboxylic acids is 1. The zero-order valence-corrected chi connectivity index (χ0v) is 16.5. The molecular weight excluding hydrogens is 378 g/mol. The van der Waals surface area contributed by atoms with Gasteiger partial charge in [0, 0.05) is 23.9 Å². The van der Waals surface area contributed by atoms with Crippen LogP contribution in [0.4, 0.5) is 10.5 Å². The molecule has 1 aliphatic heterocycles. The summed E-state index contributed by atoms with van der Waals surface area (Å²) in [6, 6.07) is 19.5. The summed E-state index contributed by atoms with van der Waals surface area (Å²) >= 11 is 0. The van der Waals surface area contributed by atoms with Crippen LogP contribution in [0.1, 0.15) is 23.6 Å². The molecular formula is C23H21N5O2. The number of hydrogen-bond acceptors (Lipinski definition) is 4. The Morgan fingerprint density at radius 2 is 1.93 bits per heavy atom. The van der Waals surface area contributed by atoms with Crippen LogP contribution in [0.3, 0.4) is 0 Å². The van der Waals surface area contributed by atoms with Crippen molar-refractivity contribution in [2.45, 2.75) is 19.4 Å². The molecule has 1 N–H and O–H groups in total. The lowest BCUT2D eigenvalue weighted by molar-refractivity contribution is -0.0829. The van der Waals surface area contributed by atoms with Crippen LogP contribution in [0.2, 0.25) is 0 Å². The number of urea groups is 1. The minimum Gasteiger partial charge on any atom is -0.306 e. The number of fused-ring (bicyclic) bond motifs is 1. The molecule has 4 aromatic rings. The summed E-state index contributed by atoms with van der Waals surface area (Å²) in [4.78, 5) is 22.8. The van der Waals surface area contributed by atoms with Crippen molar-refractivity contribution in [2.75, 3.05) is 11.9 Å². The standard InChI is InChI=1S/C23H21N5O2/c1-16-7-8-18(19-9-10-22-24-15-25-27(22)14-19)13-20(16)26-23(29)28-21(11-12-30-28)17-5-3-2-4-6-17/h2-10,13-15,21H,11-12H2,1H3,(H,26,29)/t21-/m0/s1. The van der Waals surface area contributed by atoms with E-state index in [0.29, 0.717) is 6.61 Å². The predicted molar refractivity (Wildman–Crippen MR) is 114 cm³/mol. The fourth-order valence-corrected chi connectivity index (χ4v) is 3.74. The van der Waals surface area contributed by atoms with E-state index in [2.05, 4.69) is 15.4 Å². The number of nitrogens with one attached hydrogen (secondary N) is 1. The van der Waals surface area contributed by atoms with E-state index in [9.17, 15) is 4.79 Å². The summed E-state index contributed by atoms with van der Waals surface area (Å²) in [6.07, 6.45) is 4.22. The fraction of sp³-hybridized carbons (Fsp3) is 0.174. The van der Waals surface area contributed by atoms with Gasteiger partial charge in [-0.25, -0.2) is 14.3 Å². The number of carbonyl (C=O) groups is 1. The Morgan fingerprint density at radius 3 is 2.80 bits per heavy atom. The van der Waals surface area contributed by atoms with E-state index < -0.39 is 0 Å². The maximum Gasteiger partial charge on any atom is 0.346 e. The second-order valence-electron chi connectivity index (χ2n) is 7.31. The van der Waals surface area contributed by atoms with Gasteiger partial charge in [-0.3, -0.25) is 4.84 Å². The van der Waals surface area contributed by atoms with Crippen molar-refractivity contribution in [2.24, 2.45) is 0 Å². The molecule has 0 spiro atoms. The molecule has 1 aliphatic rings. The highest BCUT2D eigenvalue weighted by atomic mass is 16.7. The first kappa shape index (κ1) is 18.3. The number of amides is 2. The van der Waals surface area contributed by atoms with Crippen LogP contribution in [0.15, 0.2) is 73.2 Å². The van der Waals surface area contributed by atoms with Crippen molar-refractivity contribution in [3.05, 3.63) is 84.3 Å². The highest BCUT2D eigenvalue weighted by molar-refractivity contribution is 5.91. The predicted octanol–water partition coefficient (Wildman–Crippen LogP) is 4.62. The Kier molecular flexibility index (Phi) is 4.65. The van der Waals surface area contributed by atoms with E-state index >= 15 is 0 Å². The molecule has 7 heteroatoms. The highest BCUT2D eigenvalue weighted by Crippen LogP contribution is 2.32. The molecule has 2 aromatic carbocycles. The summed E-state index contributed by atoms with van der Waals surface area (Å²) < 4.78 is 1.73. The maximum absolute atomic E-state index is 13.0. The SMILES string of the molecule is Cc1ccc(-c2ccc3ncnn3c2)cc1NC(=O)N1OCC[C@H]1c1ccccc1. The number of nitrogens with zero attached hydrogens (tertiary/aromatic N) is 4. The third-order valence-corrected chi connectivity index (χ3v) is 5.38. The molecule has 0 saturated carbocycles. The van der Waals surface area contributed by atoms with Crippen molar-refractivity contribution in [1.82, 2.24) is 19.7 Å². The van der Waals surface area contributed by atoms with Crippen molar-refractivity contribution < 1.29 is 9.63 Å². The van der Waals surface area contributed by atoms with Crippen molar-refractivity contribution in [1.29, 1.82) is 0 Å². The molecule has 0 radical (unpaired) electrons. The molecule has 3 heterocycles. The first-order valence-electron chi connectivity index (χ1n) is 9.87. The molecule has 0 bridgehead atoms. The lowest BCUT2D eigenvalue weighted by Gasteiger charge is -2.23. The molecule has 1 saturated heterocycles. The van der Waals surface area contributed by atoms with Gasteiger partial charge in [-0.15, -0.1) is 0 Å². The summed E-state index contributed by atoms with van der Waals surface area (Å²) in [5, 5.41) is 8.66. The Labute approximate surface area is 173 Å². The smallest absolute Gasteiger partial charge is 0.306 e. The van der Waals surface area contributed by atoms with Gasteiger partial charge in [0.25, 0.3) is 0 Å². The van der Waals surface area contributed by atoms with Crippen molar-refractivity contribution >= 4 is 17.4 Å². The monoisotopic (exact) mass is 399 g/mol. The summed E-state index contributed by atoms with van der Waals surface area (Å²) in [6.45, 7) is 2.49. The van der Waals surface area contributed by atoms with Gasteiger partial charge in [0.1, 0.15) is 6.33 Å². The number of hydroxylamine groups is 2. The molecule has 30 heavy (non-hydrogen) atoms. The van der Waals surface area contributed by atoms with Crippen LogP contribution in [0.25, 0.3) is 16.8 Å². The van der Waals surface area contributed by atoms with E-state index in [1.54, 1.807) is 4.52 Å². The minimum atomic E-state index is -0.270. The largest absolute Gasteiger partial charge is 0.346 e. The first-order chi connectivity index (χ1) is 14.7. The lowest BCUT2D eigenvalue weighted by Crippen LogP contribution is -2.33. The van der Waals surface area contributed by atoms with Gasteiger partial charge in [-0.2, -0.15) is 10.2 Å². The molecule has 7 nitrogen and oxygen atoms in total. The summed E-state index contributed by atoms with van der Waals surface area (Å²) in [5.74, 6) is 0. The fourth-order valence-electron chi connectivity index (χ4n) is 3.74. The van der Waals surface area contributed by atoms with E-state index in [0.717, 1.165) is 40.0 Å². The third-order valence-electron chi connectivity index (χ3n) is 5.38. The molecule has 2 aromatic heterocycles. The second-order valence-corrected chi connectivity index (χ2v) is 7.31. The molecule has 0 unspecified atom stereocenters. The molecule has 150 valence electrons. The maximum atomic E-state index is 13.0. The summed E-state index contributed by atoms with van der Waals surface area (Å²) in [5.41, 5.74) is 5.55. The van der Waals surface area contributed by atoms with Gasteiger partial charge in [-0.05, 0) is 41.8 Å². The zero-order valence-electron chi connectivity index (χ0n) is 16.5. The topological polar surface area (TPSA) is 71.8 Å². The van der Waals surface area contributed by atoms with E-state index in [-0.39, 0.29) is 12.1 Å². The van der Waals surface area contributed by atoms with Gasteiger partial charge in [0.2, 0.25) is 0 Å². The van der Waals surface area contributed by atoms with Crippen LogP contribution in [-0.2, 0) is 4.84 Å². The number of hydrogen-bond donors (Lipinski definition) is 1. The Hall–Kier alpha value is -3.71. The summed E-state index contributed by atoms with van der Waals surface area (Å²) in [7, 11) is 0. The molecule has 1 fully saturated rings.